The predicted molar refractivity (Wildman–Crippen MR) is 112 cm³/mol. The molecule has 0 aromatic heterocycles. The lowest BCUT2D eigenvalue weighted by atomic mass is 9.88. The molecule has 2 rings (SSSR count). The Hall–Kier alpha value is -1.99. The average molecular weight is 409 g/mol. The molecule has 7 nitrogen and oxygen atoms in total. The Balaban J connectivity index is 2.12. The van der Waals surface area contributed by atoms with Crippen LogP contribution in [0.25, 0.3) is 0 Å². The number of unbranched alkanes of at least 4 members (excludes halogenated alkanes) is 1. The zero-order valence-electron chi connectivity index (χ0n) is 18.5. The zero-order valence-corrected chi connectivity index (χ0v) is 18.5. The lowest BCUT2D eigenvalue weighted by Crippen LogP contribution is -2.55. The molecule has 164 valence electrons. The molecule has 1 N–H and O–H groups in total. The molecule has 0 saturated carbocycles. The van der Waals surface area contributed by atoms with Crippen molar-refractivity contribution in [2.75, 3.05) is 54.7 Å². The summed E-state index contributed by atoms with van der Waals surface area (Å²) in [7, 11) is 7.29. The molecule has 1 heterocycles. The van der Waals surface area contributed by atoms with Gasteiger partial charge in [0, 0.05) is 37.3 Å². The van der Waals surface area contributed by atoms with E-state index in [1.165, 1.54) is 0 Å². The molecule has 0 radical (unpaired) electrons. The molecular weight excluding hydrogens is 372 g/mol. The van der Waals surface area contributed by atoms with Crippen molar-refractivity contribution in [3.8, 4) is 0 Å². The van der Waals surface area contributed by atoms with E-state index in [1.807, 2.05) is 6.08 Å². The van der Waals surface area contributed by atoms with Crippen LogP contribution in [0.15, 0.2) is 35.0 Å². The van der Waals surface area contributed by atoms with E-state index >= 15 is 0 Å². The summed E-state index contributed by atoms with van der Waals surface area (Å²) in [5, 5.41) is 3.11. The molecule has 0 aromatic carbocycles. The van der Waals surface area contributed by atoms with Crippen molar-refractivity contribution < 1.29 is 23.7 Å². The van der Waals surface area contributed by atoms with Crippen molar-refractivity contribution >= 4 is 5.91 Å². The van der Waals surface area contributed by atoms with E-state index in [0.29, 0.717) is 55.6 Å². The molecule has 0 atom stereocenters. The number of amides is 1. The van der Waals surface area contributed by atoms with Crippen LogP contribution in [0.4, 0.5) is 0 Å². The number of rotatable bonds is 10. The normalized spacial score (nSPS) is 19.2. The number of hydrogen-bond donors (Lipinski definition) is 1. The van der Waals surface area contributed by atoms with Gasteiger partial charge < -0.3 is 29.2 Å². The number of methoxy groups -OCH3 is 2. The summed E-state index contributed by atoms with van der Waals surface area (Å²) >= 11 is 0. The summed E-state index contributed by atoms with van der Waals surface area (Å²) in [4.78, 5) is 15.1. The minimum atomic E-state index is -0.127. The highest BCUT2D eigenvalue weighted by molar-refractivity contribution is 5.96. The number of nitrogens with one attached hydrogen (secondary N) is 1. The Labute approximate surface area is 174 Å². The van der Waals surface area contributed by atoms with E-state index in [0.717, 1.165) is 25.7 Å². The highest BCUT2D eigenvalue weighted by Crippen LogP contribution is 2.28. The molecule has 1 aliphatic carbocycles. The quantitative estimate of drug-likeness (QED) is 0.561. The van der Waals surface area contributed by atoms with Gasteiger partial charge >= 0.3 is 0 Å². The fourth-order valence-electron chi connectivity index (χ4n) is 3.53. The van der Waals surface area contributed by atoms with E-state index in [9.17, 15) is 4.79 Å². The number of ether oxygens (including phenoxy) is 4. The summed E-state index contributed by atoms with van der Waals surface area (Å²) in [5.41, 5.74) is 0.462. The lowest BCUT2D eigenvalue weighted by Gasteiger charge is -2.42. The van der Waals surface area contributed by atoms with Crippen molar-refractivity contribution in [2.24, 2.45) is 0 Å². The molecule has 29 heavy (non-hydrogen) atoms. The Morgan fingerprint density at radius 1 is 1.24 bits per heavy atom. The van der Waals surface area contributed by atoms with Gasteiger partial charge in [0.15, 0.2) is 11.5 Å². The van der Waals surface area contributed by atoms with Crippen LogP contribution in [0.3, 0.4) is 0 Å². The molecule has 0 bridgehead atoms. The van der Waals surface area contributed by atoms with E-state index in [1.54, 1.807) is 20.3 Å². The molecule has 7 heteroatoms. The van der Waals surface area contributed by atoms with E-state index in [4.69, 9.17) is 18.9 Å². The van der Waals surface area contributed by atoms with Crippen LogP contribution in [-0.2, 0) is 23.7 Å². The molecule has 1 saturated heterocycles. The molecule has 0 spiro atoms. The zero-order chi connectivity index (χ0) is 21.3. The van der Waals surface area contributed by atoms with Gasteiger partial charge in [0.1, 0.15) is 5.76 Å². The van der Waals surface area contributed by atoms with Gasteiger partial charge in [-0.25, -0.2) is 0 Å². The second kappa shape index (κ2) is 11.3. The van der Waals surface area contributed by atoms with E-state index in [2.05, 4.69) is 31.2 Å². The summed E-state index contributed by atoms with van der Waals surface area (Å²) < 4.78 is 22.5. The molecule has 1 amide bonds. The van der Waals surface area contributed by atoms with Crippen LogP contribution in [0.2, 0.25) is 0 Å². The topological polar surface area (TPSA) is 69.3 Å². The SMILES string of the molecule is CCCCOC1=C(OC)CC=C(C(=O)NCC2(N(C)C)CCOCC2)C=C1OC. The monoisotopic (exact) mass is 408 g/mol. The van der Waals surface area contributed by atoms with Gasteiger partial charge in [0.2, 0.25) is 0 Å². The Morgan fingerprint density at radius 3 is 2.55 bits per heavy atom. The lowest BCUT2D eigenvalue weighted by molar-refractivity contribution is -0.118. The van der Waals surface area contributed by atoms with Crippen molar-refractivity contribution in [3.63, 3.8) is 0 Å². The largest absolute Gasteiger partial charge is 0.497 e. The van der Waals surface area contributed by atoms with Gasteiger partial charge in [0.25, 0.3) is 5.91 Å². The Bertz CT molecular complexity index is 646. The number of carbonyl (C=O) groups is 1. The number of allylic oxidation sites excluding steroid dienone is 1. The van der Waals surface area contributed by atoms with Gasteiger partial charge in [-0.3, -0.25) is 4.79 Å². The number of nitrogens with zero attached hydrogens (tertiary/aromatic N) is 1. The standard InChI is InChI=1S/C22H36N2O5/c1-6-7-12-29-20-18(26-4)9-8-17(15-19(20)27-5)21(25)23-16-22(24(2)3)10-13-28-14-11-22/h8,15H,6-7,9-14,16H2,1-5H3,(H,23,25). The number of carbonyl (C=O) groups excluding carboxylic acids is 1. The van der Waals surface area contributed by atoms with Gasteiger partial charge in [-0.15, -0.1) is 0 Å². The van der Waals surface area contributed by atoms with Crippen LogP contribution in [0.1, 0.15) is 39.0 Å². The maximum atomic E-state index is 13.0. The fraction of sp³-hybridized carbons (Fsp3) is 0.682. The average Bonchev–Trinajstić information content (AvgIpc) is 2.92. The third-order valence-corrected chi connectivity index (χ3v) is 5.69. The van der Waals surface area contributed by atoms with Crippen LogP contribution in [0, 0.1) is 0 Å². The first kappa shape index (κ1) is 23.3. The third kappa shape index (κ3) is 6.00. The Morgan fingerprint density at radius 2 is 1.97 bits per heavy atom. The van der Waals surface area contributed by atoms with Crippen molar-refractivity contribution in [1.82, 2.24) is 10.2 Å². The fourth-order valence-corrected chi connectivity index (χ4v) is 3.53. The number of likely N-dealkylation sites (N-methyl/N-ethyl adjacent to an activating group) is 1. The highest BCUT2D eigenvalue weighted by atomic mass is 16.5. The summed E-state index contributed by atoms with van der Waals surface area (Å²) in [6, 6.07) is 0. The van der Waals surface area contributed by atoms with Crippen molar-refractivity contribution in [3.05, 3.63) is 35.0 Å². The summed E-state index contributed by atoms with van der Waals surface area (Å²) in [6.07, 6.45) is 7.81. The minimum Gasteiger partial charge on any atom is -0.497 e. The second-order valence-electron chi connectivity index (χ2n) is 7.65. The molecule has 0 unspecified atom stereocenters. The van der Waals surface area contributed by atoms with Gasteiger partial charge in [-0.05, 0) is 39.4 Å². The smallest absolute Gasteiger partial charge is 0.251 e. The first-order valence-corrected chi connectivity index (χ1v) is 10.4. The first-order chi connectivity index (χ1) is 14.0. The molecule has 0 aromatic rings. The molecule has 2 aliphatic rings. The van der Waals surface area contributed by atoms with Gasteiger partial charge in [0.05, 0.1) is 20.8 Å². The van der Waals surface area contributed by atoms with Gasteiger partial charge in [-0.2, -0.15) is 0 Å². The maximum absolute atomic E-state index is 13.0. The first-order valence-electron chi connectivity index (χ1n) is 10.4. The summed E-state index contributed by atoms with van der Waals surface area (Å²) in [5.74, 6) is 1.60. The predicted octanol–water partition coefficient (Wildman–Crippen LogP) is 2.75. The molecule has 1 fully saturated rings. The second-order valence-corrected chi connectivity index (χ2v) is 7.65. The van der Waals surface area contributed by atoms with E-state index in [-0.39, 0.29) is 11.4 Å². The van der Waals surface area contributed by atoms with Crippen LogP contribution < -0.4 is 5.32 Å². The molecular formula is C22H36N2O5. The van der Waals surface area contributed by atoms with Gasteiger partial charge in [-0.1, -0.05) is 19.4 Å². The minimum absolute atomic E-state index is 0.0859. The summed E-state index contributed by atoms with van der Waals surface area (Å²) in [6.45, 7) is 4.68. The van der Waals surface area contributed by atoms with Crippen LogP contribution in [0.5, 0.6) is 0 Å². The van der Waals surface area contributed by atoms with Crippen LogP contribution >= 0.6 is 0 Å². The van der Waals surface area contributed by atoms with Crippen LogP contribution in [-0.4, -0.2) is 71.0 Å². The third-order valence-electron chi connectivity index (χ3n) is 5.69. The number of hydrogen-bond acceptors (Lipinski definition) is 6. The van der Waals surface area contributed by atoms with Crippen molar-refractivity contribution in [2.45, 2.75) is 44.6 Å². The maximum Gasteiger partial charge on any atom is 0.251 e. The van der Waals surface area contributed by atoms with E-state index < -0.39 is 0 Å². The van der Waals surface area contributed by atoms with Crippen molar-refractivity contribution in [1.29, 1.82) is 0 Å². The Kier molecular flexibility index (Phi) is 9.04. The molecule has 1 aliphatic heterocycles. The highest BCUT2D eigenvalue weighted by Gasteiger charge is 2.35.